The van der Waals surface area contributed by atoms with E-state index in [0.717, 1.165) is 19.1 Å². The third-order valence-corrected chi connectivity index (χ3v) is 4.65. The molecule has 0 amide bonds. The van der Waals surface area contributed by atoms with Gasteiger partial charge in [0.2, 0.25) is 5.60 Å². The third kappa shape index (κ3) is 3.81. The van der Waals surface area contributed by atoms with Crippen molar-refractivity contribution < 1.29 is 32.2 Å². The molecule has 3 nitrogen and oxygen atoms in total. The van der Waals surface area contributed by atoms with Gasteiger partial charge >= 0.3 is 6.18 Å². The van der Waals surface area contributed by atoms with Crippen molar-refractivity contribution in [3.63, 3.8) is 0 Å². The highest BCUT2D eigenvalue weighted by molar-refractivity contribution is 6.31. The highest BCUT2D eigenvalue weighted by Crippen LogP contribution is 2.48. The van der Waals surface area contributed by atoms with Gasteiger partial charge in [0.15, 0.2) is 0 Å². The molecule has 0 bridgehead atoms. The molecule has 1 atom stereocenters. The van der Waals surface area contributed by atoms with Crippen molar-refractivity contribution in [3.8, 4) is 17.6 Å². The Balaban J connectivity index is 2.21. The minimum Gasteiger partial charge on any atom is -0.545 e. The summed E-state index contributed by atoms with van der Waals surface area (Å²) in [6.07, 6.45) is -4.89. The zero-order valence-corrected chi connectivity index (χ0v) is 15.6. The van der Waals surface area contributed by atoms with Crippen LogP contribution >= 0.6 is 11.6 Å². The highest BCUT2D eigenvalue weighted by Gasteiger charge is 2.60. The summed E-state index contributed by atoms with van der Waals surface area (Å²) in [5.74, 6) is 2.48. The van der Waals surface area contributed by atoms with E-state index in [-0.39, 0.29) is 27.5 Å². The summed E-state index contributed by atoms with van der Waals surface area (Å²) in [4.78, 5) is 11.4. The van der Waals surface area contributed by atoms with Crippen LogP contribution in [0.3, 0.4) is 0 Å². The Morgan fingerprint density at radius 3 is 2.55 bits per heavy atom. The van der Waals surface area contributed by atoms with Crippen molar-refractivity contribution in [2.75, 3.05) is 0 Å². The zero-order valence-electron chi connectivity index (χ0n) is 14.9. The summed E-state index contributed by atoms with van der Waals surface area (Å²) in [6.45, 7) is 1.16. The van der Waals surface area contributed by atoms with E-state index in [1.54, 1.807) is 0 Å². The fraction of sp³-hybridized carbons (Fsp3) is 0.190. The number of aliphatic carboxylic acids is 1. The van der Waals surface area contributed by atoms with Gasteiger partial charge in [-0.1, -0.05) is 36.4 Å². The average Bonchev–Trinajstić information content (AvgIpc) is 2.64. The monoisotopic (exact) mass is 423 g/mol. The predicted molar refractivity (Wildman–Crippen MR) is 96.5 cm³/mol. The Morgan fingerprint density at radius 1 is 1.24 bits per heavy atom. The minimum absolute atomic E-state index is 0.00693. The van der Waals surface area contributed by atoms with Crippen LogP contribution in [0, 0.1) is 17.7 Å². The lowest BCUT2D eigenvalue weighted by Gasteiger charge is -2.41. The Morgan fingerprint density at radius 2 is 1.97 bits per heavy atom. The molecule has 1 aliphatic rings. The Kier molecular flexibility index (Phi) is 5.33. The predicted octanol–water partition coefficient (Wildman–Crippen LogP) is 4.12. The molecule has 0 fully saturated rings. The van der Waals surface area contributed by atoms with Crippen molar-refractivity contribution in [2.24, 2.45) is 0 Å². The largest absolute Gasteiger partial charge is 0.545 e. The van der Waals surface area contributed by atoms with Crippen LogP contribution in [0.5, 0.6) is 5.75 Å². The Bertz CT molecular complexity index is 1080. The number of halogens is 5. The number of alkyl halides is 3. The molecule has 0 aliphatic carbocycles. The van der Waals surface area contributed by atoms with Crippen LogP contribution in [0.2, 0.25) is 5.02 Å². The van der Waals surface area contributed by atoms with Gasteiger partial charge in [-0.25, -0.2) is 4.39 Å². The average molecular weight is 424 g/mol. The fourth-order valence-electron chi connectivity index (χ4n) is 3.03. The number of benzene rings is 2. The van der Waals surface area contributed by atoms with Gasteiger partial charge in [-0.05, 0) is 42.8 Å². The van der Waals surface area contributed by atoms with E-state index >= 15 is 0 Å². The summed E-state index contributed by atoms with van der Waals surface area (Å²) in [5, 5.41) is 11.6. The topological polar surface area (TPSA) is 49.4 Å². The summed E-state index contributed by atoms with van der Waals surface area (Å²) in [5.41, 5.74) is -3.83. The van der Waals surface area contributed by atoms with Crippen molar-refractivity contribution in [2.45, 2.75) is 25.1 Å². The summed E-state index contributed by atoms with van der Waals surface area (Å²) < 4.78 is 60.1. The van der Waals surface area contributed by atoms with Gasteiger partial charge in [-0.2, -0.15) is 13.2 Å². The summed E-state index contributed by atoms with van der Waals surface area (Å²) in [6, 6.07) is 7.90. The maximum Gasteiger partial charge on any atom is 0.432 e. The van der Waals surface area contributed by atoms with Gasteiger partial charge in [-0.15, -0.1) is 0 Å². The maximum absolute atomic E-state index is 13.8. The zero-order chi connectivity index (χ0) is 21.4. The van der Waals surface area contributed by atoms with Gasteiger partial charge in [-0.3, -0.25) is 0 Å². The van der Waals surface area contributed by atoms with Crippen LogP contribution < -0.4 is 9.84 Å². The van der Waals surface area contributed by atoms with Crippen molar-refractivity contribution in [3.05, 3.63) is 69.5 Å². The van der Waals surface area contributed by atoms with Crippen molar-refractivity contribution in [1.29, 1.82) is 0 Å². The molecule has 150 valence electrons. The second-order valence-corrected chi connectivity index (χ2v) is 6.69. The number of carboxylic acids is 1. The first-order valence-electron chi connectivity index (χ1n) is 8.38. The molecule has 0 saturated heterocycles. The number of hydrogen-bond acceptors (Lipinski definition) is 3. The van der Waals surface area contributed by atoms with E-state index < -0.39 is 35.6 Å². The van der Waals surface area contributed by atoms with E-state index in [9.17, 15) is 27.5 Å². The first kappa shape index (κ1) is 20.7. The summed E-state index contributed by atoms with van der Waals surface area (Å²) >= 11 is 6.01. The molecule has 1 unspecified atom stereocenters. The van der Waals surface area contributed by atoms with Gasteiger partial charge in [0.05, 0.1) is 11.5 Å². The minimum atomic E-state index is -5.03. The first-order chi connectivity index (χ1) is 13.6. The van der Waals surface area contributed by atoms with E-state index in [1.807, 2.05) is 0 Å². The van der Waals surface area contributed by atoms with Crippen molar-refractivity contribution in [1.82, 2.24) is 0 Å². The van der Waals surface area contributed by atoms with Gasteiger partial charge in [0, 0.05) is 21.7 Å². The molecule has 8 heteroatoms. The standard InChI is InChI=1S/C21H13ClF4O3/c1-2-20(21(24,25)26)17(19(27)28)11-14-10-15(22)9-13(18(14)29-20)7-6-12-4-3-5-16(23)8-12/h3-5,8-11H,2H2,1H3,(H,27,28)/p-1. The SMILES string of the molecule is CCC1(C(F)(F)F)Oc2c(C#Cc3cccc(F)c3)cc(Cl)cc2C=C1C(=O)[O-]. The van der Waals surface area contributed by atoms with Gasteiger partial charge in [0.1, 0.15) is 11.6 Å². The molecule has 0 saturated carbocycles. The lowest BCUT2D eigenvalue weighted by atomic mass is 9.85. The van der Waals surface area contributed by atoms with E-state index in [2.05, 4.69) is 11.8 Å². The molecule has 0 radical (unpaired) electrons. The quantitative estimate of drug-likeness (QED) is 0.539. The molecule has 2 aromatic carbocycles. The molecule has 1 heterocycles. The molecule has 3 rings (SSSR count). The molecular weight excluding hydrogens is 412 g/mol. The lowest BCUT2D eigenvalue weighted by molar-refractivity contribution is -0.307. The van der Waals surface area contributed by atoms with Gasteiger partial charge in [0.25, 0.3) is 0 Å². The molecule has 0 N–H and O–H groups in total. The van der Waals surface area contributed by atoms with Crippen LogP contribution in [0.4, 0.5) is 17.6 Å². The summed E-state index contributed by atoms with van der Waals surface area (Å²) in [7, 11) is 0. The molecular formula is C21H12ClF4O3-. The number of carboxylic acid groups (broad SMARTS) is 1. The van der Waals surface area contributed by atoms with Gasteiger partial charge < -0.3 is 14.6 Å². The molecule has 0 spiro atoms. The molecule has 1 aliphatic heterocycles. The van der Waals surface area contributed by atoms with E-state index in [0.29, 0.717) is 0 Å². The van der Waals surface area contributed by atoms with E-state index in [1.165, 1.54) is 30.3 Å². The fourth-order valence-corrected chi connectivity index (χ4v) is 3.26. The first-order valence-corrected chi connectivity index (χ1v) is 8.75. The maximum atomic E-state index is 13.8. The second-order valence-electron chi connectivity index (χ2n) is 6.26. The number of hydrogen-bond donors (Lipinski definition) is 0. The number of rotatable bonds is 2. The van der Waals surface area contributed by atoms with Crippen LogP contribution in [-0.2, 0) is 4.79 Å². The van der Waals surface area contributed by atoms with Crippen molar-refractivity contribution >= 4 is 23.6 Å². The smallest absolute Gasteiger partial charge is 0.432 e. The van der Waals surface area contributed by atoms with Crippen LogP contribution in [0.25, 0.3) is 6.08 Å². The second kappa shape index (κ2) is 7.45. The van der Waals surface area contributed by atoms with E-state index in [4.69, 9.17) is 16.3 Å². The van der Waals surface area contributed by atoms with Crippen LogP contribution in [-0.4, -0.2) is 17.7 Å². The Labute approximate surface area is 168 Å². The number of carbonyl (C=O) groups excluding carboxylic acids is 1. The third-order valence-electron chi connectivity index (χ3n) is 4.44. The highest BCUT2D eigenvalue weighted by atomic mass is 35.5. The Hall–Kier alpha value is -2.98. The number of ether oxygens (including phenoxy) is 1. The lowest BCUT2D eigenvalue weighted by Crippen LogP contribution is -2.56. The molecule has 2 aromatic rings. The molecule has 29 heavy (non-hydrogen) atoms. The number of fused-ring (bicyclic) bond motifs is 1. The number of carbonyl (C=O) groups is 1. The normalized spacial score (nSPS) is 18.1. The molecule has 0 aromatic heterocycles. The van der Waals surface area contributed by atoms with Crippen LogP contribution in [0.1, 0.15) is 30.0 Å². The van der Waals surface area contributed by atoms with Crippen LogP contribution in [0.15, 0.2) is 42.0 Å².